The number of hydrogen-bond donors (Lipinski definition) is 2. The highest BCUT2D eigenvalue weighted by Crippen LogP contribution is 2.28. The number of para-hydroxylation sites is 2. The Balaban J connectivity index is 1.78. The standard InChI is InChI=1S/C21H17N5O4S/c1-14-6-4-7-15(12-14)22-20-21(24-19-11-3-2-10-18(19)23-20)25-31(29,30)17-9-5-8-16(13-17)26(27)28/h2-13H,1H3,(H,22,23)(H,24,25). The van der Waals surface area contributed by atoms with E-state index in [9.17, 15) is 18.5 Å². The Bertz CT molecular complexity index is 1410. The Morgan fingerprint density at radius 2 is 1.55 bits per heavy atom. The number of sulfonamides is 1. The first-order valence-corrected chi connectivity index (χ1v) is 10.7. The zero-order valence-electron chi connectivity index (χ0n) is 16.3. The second kappa shape index (κ2) is 8.00. The SMILES string of the molecule is Cc1cccc(Nc2nc3ccccc3nc2NS(=O)(=O)c2cccc([N+](=O)[O-])c2)c1. The quantitative estimate of drug-likeness (QED) is 0.340. The van der Waals surface area contributed by atoms with Gasteiger partial charge in [0.25, 0.3) is 15.7 Å². The zero-order chi connectivity index (χ0) is 22.0. The van der Waals surface area contributed by atoms with Gasteiger partial charge in [-0.3, -0.25) is 14.8 Å². The van der Waals surface area contributed by atoms with E-state index >= 15 is 0 Å². The molecule has 9 nitrogen and oxygen atoms in total. The Morgan fingerprint density at radius 1 is 0.871 bits per heavy atom. The summed E-state index contributed by atoms with van der Waals surface area (Å²) in [4.78, 5) is 19.1. The molecule has 0 atom stereocenters. The van der Waals surface area contributed by atoms with Crippen LogP contribution < -0.4 is 10.0 Å². The number of rotatable bonds is 6. The second-order valence-corrected chi connectivity index (χ2v) is 8.45. The molecule has 0 spiro atoms. The first kappa shape index (κ1) is 20.2. The van der Waals surface area contributed by atoms with Crippen molar-refractivity contribution in [2.45, 2.75) is 11.8 Å². The molecule has 0 saturated carbocycles. The molecule has 0 radical (unpaired) electrons. The van der Waals surface area contributed by atoms with E-state index in [1.807, 2.05) is 31.2 Å². The van der Waals surface area contributed by atoms with E-state index in [2.05, 4.69) is 20.0 Å². The maximum absolute atomic E-state index is 12.9. The molecular formula is C21H17N5O4S. The number of benzene rings is 3. The van der Waals surface area contributed by atoms with E-state index in [0.29, 0.717) is 16.7 Å². The predicted octanol–water partition coefficient (Wildman–Crippen LogP) is 4.39. The largest absolute Gasteiger partial charge is 0.337 e. The molecule has 156 valence electrons. The number of anilines is 3. The number of hydrogen-bond acceptors (Lipinski definition) is 7. The molecule has 1 aromatic heterocycles. The fraction of sp³-hybridized carbons (Fsp3) is 0.0476. The van der Waals surface area contributed by atoms with Crippen molar-refractivity contribution >= 4 is 44.1 Å². The Hall–Kier alpha value is -4.05. The van der Waals surface area contributed by atoms with Gasteiger partial charge in [-0.2, -0.15) is 0 Å². The summed E-state index contributed by atoms with van der Waals surface area (Å²) >= 11 is 0. The smallest absolute Gasteiger partial charge is 0.270 e. The summed E-state index contributed by atoms with van der Waals surface area (Å²) < 4.78 is 28.3. The van der Waals surface area contributed by atoms with Crippen LogP contribution in [0.5, 0.6) is 0 Å². The lowest BCUT2D eigenvalue weighted by atomic mass is 10.2. The molecule has 2 N–H and O–H groups in total. The molecule has 0 saturated heterocycles. The first-order chi connectivity index (χ1) is 14.8. The summed E-state index contributed by atoms with van der Waals surface area (Å²) in [6.07, 6.45) is 0. The van der Waals surface area contributed by atoms with Crippen molar-refractivity contribution in [1.82, 2.24) is 9.97 Å². The highest BCUT2D eigenvalue weighted by Gasteiger charge is 2.21. The zero-order valence-corrected chi connectivity index (χ0v) is 17.1. The molecule has 0 aliphatic rings. The first-order valence-electron chi connectivity index (χ1n) is 9.19. The molecule has 10 heteroatoms. The molecule has 4 aromatic rings. The van der Waals surface area contributed by atoms with Gasteiger partial charge in [-0.15, -0.1) is 0 Å². The summed E-state index contributed by atoms with van der Waals surface area (Å²) in [6, 6.07) is 19.4. The molecule has 3 aromatic carbocycles. The van der Waals surface area contributed by atoms with E-state index in [0.717, 1.165) is 11.6 Å². The van der Waals surface area contributed by atoms with Crippen LogP contribution >= 0.6 is 0 Å². The van der Waals surface area contributed by atoms with Crippen LogP contribution in [0.4, 0.5) is 23.0 Å². The number of non-ortho nitro benzene ring substituents is 1. The van der Waals surface area contributed by atoms with Crippen molar-refractivity contribution in [3.05, 3.63) is 88.5 Å². The van der Waals surface area contributed by atoms with Gasteiger partial charge in [0.2, 0.25) is 0 Å². The third-order valence-electron chi connectivity index (χ3n) is 4.42. The van der Waals surface area contributed by atoms with Crippen molar-refractivity contribution in [3.8, 4) is 0 Å². The maximum Gasteiger partial charge on any atom is 0.270 e. The van der Waals surface area contributed by atoms with Crippen molar-refractivity contribution in [3.63, 3.8) is 0 Å². The van der Waals surface area contributed by atoms with Gasteiger partial charge in [-0.05, 0) is 42.8 Å². The van der Waals surface area contributed by atoms with E-state index in [1.54, 1.807) is 24.3 Å². The van der Waals surface area contributed by atoms with Crippen LogP contribution in [0.25, 0.3) is 11.0 Å². The van der Waals surface area contributed by atoms with Crippen LogP contribution in [-0.2, 0) is 10.0 Å². The van der Waals surface area contributed by atoms with Gasteiger partial charge < -0.3 is 5.32 Å². The summed E-state index contributed by atoms with van der Waals surface area (Å²) in [6.45, 7) is 1.93. The van der Waals surface area contributed by atoms with Gasteiger partial charge in [0.05, 0.1) is 20.9 Å². The Kier molecular flexibility index (Phi) is 5.22. The summed E-state index contributed by atoms with van der Waals surface area (Å²) in [5, 5.41) is 14.1. The number of nitro groups is 1. The number of fused-ring (bicyclic) bond motifs is 1. The third kappa shape index (κ3) is 4.43. The van der Waals surface area contributed by atoms with E-state index < -0.39 is 14.9 Å². The van der Waals surface area contributed by atoms with Gasteiger partial charge in [-0.1, -0.05) is 30.3 Å². The lowest BCUT2D eigenvalue weighted by Crippen LogP contribution is -2.16. The third-order valence-corrected chi connectivity index (χ3v) is 5.76. The minimum absolute atomic E-state index is 0.0216. The van der Waals surface area contributed by atoms with Crippen molar-refractivity contribution in [2.75, 3.05) is 10.0 Å². The molecule has 1 heterocycles. The Labute approximate surface area is 178 Å². The average molecular weight is 435 g/mol. The van der Waals surface area contributed by atoms with Gasteiger partial charge >= 0.3 is 0 Å². The van der Waals surface area contributed by atoms with Crippen LogP contribution in [0.3, 0.4) is 0 Å². The molecule has 0 aliphatic carbocycles. The van der Waals surface area contributed by atoms with E-state index in [4.69, 9.17) is 0 Å². The van der Waals surface area contributed by atoms with Gasteiger partial charge in [0, 0.05) is 17.8 Å². The fourth-order valence-electron chi connectivity index (χ4n) is 2.97. The monoisotopic (exact) mass is 435 g/mol. The second-order valence-electron chi connectivity index (χ2n) is 6.76. The van der Waals surface area contributed by atoms with Gasteiger partial charge in [0.15, 0.2) is 11.6 Å². The predicted molar refractivity (Wildman–Crippen MR) is 118 cm³/mol. The van der Waals surface area contributed by atoms with Crippen molar-refractivity contribution in [2.24, 2.45) is 0 Å². The number of nitrogens with zero attached hydrogens (tertiary/aromatic N) is 3. The van der Waals surface area contributed by atoms with Crippen LogP contribution in [0.1, 0.15) is 5.56 Å². The lowest BCUT2D eigenvalue weighted by Gasteiger charge is -2.14. The van der Waals surface area contributed by atoms with Gasteiger partial charge in [-0.25, -0.2) is 18.4 Å². The molecular weight excluding hydrogens is 418 g/mol. The molecule has 0 aliphatic heterocycles. The van der Waals surface area contributed by atoms with Crippen molar-refractivity contribution in [1.29, 1.82) is 0 Å². The van der Waals surface area contributed by atoms with E-state index in [-0.39, 0.29) is 22.2 Å². The lowest BCUT2D eigenvalue weighted by molar-refractivity contribution is -0.385. The fourth-order valence-corrected chi connectivity index (χ4v) is 4.02. The summed E-state index contributed by atoms with van der Waals surface area (Å²) in [7, 11) is -4.16. The average Bonchev–Trinajstić information content (AvgIpc) is 2.74. The van der Waals surface area contributed by atoms with Crippen LogP contribution in [0.15, 0.2) is 77.7 Å². The molecule has 0 amide bonds. The van der Waals surface area contributed by atoms with Crippen LogP contribution in [0.2, 0.25) is 0 Å². The molecule has 0 fully saturated rings. The summed E-state index contributed by atoms with van der Waals surface area (Å²) in [5.74, 6) is 0.185. The molecule has 31 heavy (non-hydrogen) atoms. The highest BCUT2D eigenvalue weighted by atomic mass is 32.2. The minimum atomic E-state index is -4.16. The van der Waals surface area contributed by atoms with Crippen LogP contribution in [-0.4, -0.2) is 23.3 Å². The topological polar surface area (TPSA) is 127 Å². The number of nitrogens with one attached hydrogen (secondary N) is 2. The number of aryl methyl sites for hydroxylation is 1. The molecule has 0 unspecified atom stereocenters. The number of aromatic nitrogens is 2. The number of nitro benzene ring substituents is 1. The van der Waals surface area contributed by atoms with Crippen LogP contribution in [0, 0.1) is 17.0 Å². The minimum Gasteiger partial charge on any atom is -0.337 e. The van der Waals surface area contributed by atoms with Crippen molar-refractivity contribution < 1.29 is 13.3 Å². The molecule has 4 rings (SSSR count). The van der Waals surface area contributed by atoms with E-state index in [1.165, 1.54) is 18.2 Å². The Morgan fingerprint density at radius 3 is 2.23 bits per heavy atom. The highest BCUT2D eigenvalue weighted by molar-refractivity contribution is 7.92. The summed E-state index contributed by atoms with van der Waals surface area (Å²) in [5.41, 5.74) is 2.47. The normalized spacial score (nSPS) is 11.3. The van der Waals surface area contributed by atoms with Gasteiger partial charge in [0.1, 0.15) is 0 Å². The molecule has 0 bridgehead atoms. The maximum atomic E-state index is 12.9.